The number of hydrogen-bond acceptors (Lipinski definition) is 6. The van der Waals surface area contributed by atoms with Crippen molar-refractivity contribution in [1.82, 2.24) is 0 Å². The van der Waals surface area contributed by atoms with Crippen LogP contribution in [-0.2, 0) is 28.5 Å². The van der Waals surface area contributed by atoms with Crippen LogP contribution in [0.2, 0.25) is 0 Å². The summed E-state index contributed by atoms with van der Waals surface area (Å²) in [4.78, 5) is 22.7. The first-order valence-corrected chi connectivity index (χ1v) is 10.6. The maximum Gasteiger partial charge on any atom is 0.333 e. The van der Waals surface area contributed by atoms with Crippen LogP contribution in [0.1, 0.15) is 33.1 Å². The van der Waals surface area contributed by atoms with Gasteiger partial charge < -0.3 is 18.9 Å². The Hall–Kier alpha value is -2.18. The molecule has 2 bridgehead atoms. The molecule has 30 heavy (non-hydrogen) atoms. The van der Waals surface area contributed by atoms with Gasteiger partial charge >= 0.3 is 11.9 Å². The smallest absolute Gasteiger partial charge is 0.333 e. The molecule has 1 saturated carbocycles. The maximum atomic E-state index is 12.0. The Balaban J connectivity index is 0.000000147. The number of fused-ring (bicyclic) bond motifs is 2. The van der Waals surface area contributed by atoms with Crippen LogP contribution in [0.15, 0.2) is 48.6 Å². The first-order valence-electron chi connectivity index (χ1n) is 10.6. The van der Waals surface area contributed by atoms with Gasteiger partial charge in [-0.3, -0.25) is 4.79 Å². The quantitative estimate of drug-likeness (QED) is 0.285. The highest BCUT2D eigenvalue weighted by atomic mass is 16.6. The Kier molecular flexibility index (Phi) is 7.67. The zero-order chi connectivity index (χ0) is 21.6. The average Bonchev–Trinajstić information content (AvgIpc) is 3.58. The summed E-state index contributed by atoms with van der Waals surface area (Å²) in [6, 6.07) is 0. The van der Waals surface area contributed by atoms with Gasteiger partial charge in [-0.2, -0.15) is 0 Å². The van der Waals surface area contributed by atoms with Crippen molar-refractivity contribution in [3.63, 3.8) is 0 Å². The lowest BCUT2D eigenvalue weighted by Crippen LogP contribution is -2.34. The van der Waals surface area contributed by atoms with E-state index in [1.165, 1.54) is 0 Å². The zero-order valence-corrected chi connectivity index (χ0v) is 17.9. The lowest BCUT2D eigenvalue weighted by Gasteiger charge is -2.28. The van der Waals surface area contributed by atoms with Crippen molar-refractivity contribution in [3.05, 3.63) is 48.6 Å². The molecule has 0 amide bonds. The Morgan fingerprint density at radius 3 is 2.07 bits per heavy atom. The lowest BCUT2D eigenvalue weighted by atomic mass is 9.78. The number of hydrogen-bond donors (Lipinski definition) is 0. The standard InChI is InChI=1S/C12H16O3.C7H10O3.C5H6/c1-12(5-8-2-3-9(12)4-8)11(13)15-7-10-6-14-10;1-5(2)7(8)10-4-6-3-9-6;1-2-4-5-3-1/h2-3,8-10H,4-7H2,1H3;6H,1,3-4H2,2H3;1-4H,5H2. The highest BCUT2D eigenvalue weighted by Gasteiger charge is 2.51. The summed E-state index contributed by atoms with van der Waals surface area (Å²) in [6.07, 6.45) is 16.3. The highest BCUT2D eigenvalue weighted by Crippen LogP contribution is 2.52. The molecule has 5 aliphatic rings. The molecule has 164 valence electrons. The van der Waals surface area contributed by atoms with E-state index in [4.69, 9.17) is 18.9 Å². The molecule has 5 atom stereocenters. The number of carbonyl (C=O) groups excluding carboxylic acids is 2. The van der Waals surface area contributed by atoms with Crippen LogP contribution >= 0.6 is 0 Å². The van der Waals surface area contributed by atoms with Crippen LogP contribution in [0.4, 0.5) is 0 Å². The third-order valence-corrected chi connectivity index (χ3v) is 5.75. The fraction of sp³-hybridized carbons (Fsp3) is 0.583. The molecule has 3 aliphatic carbocycles. The minimum Gasteiger partial charge on any atom is -0.462 e. The molecule has 3 fully saturated rings. The van der Waals surface area contributed by atoms with Crippen LogP contribution in [0.5, 0.6) is 0 Å². The minimum absolute atomic E-state index is 0.0325. The predicted molar refractivity (Wildman–Crippen MR) is 113 cm³/mol. The second kappa shape index (κ2) is 10.2. The highest BCUT2D eigenvalue weighted by molar-refractivity contribution is 5.86. The number of carbonyl (C=O) groups is 2. The van der Waals surface area contributed by atoms with Crippen molar-refractivity contribution < 1.29 is 28.5 Å². The van der Waals surface area contributed by atoms with E-state index < -0.39 is 0 Å². The Morgan fingerprint density at radius 1 is 1.07 bits per heavy atom. The Labute approximate surface area is 178 Å². The van der Waals surface area contributed by atoms with E-state index in [2.05, 4.69) is 43.0 Å². The molecular formula is C24H32O6. The van der Waals surface area contributed by atoms with Crippen molar-refractivity contribution in [2.75, 3.05) is 26.4 Å². The summed E-state index contributed by atoms with van der Waals surface area (Å²) in [6.45, 7) is 9.36. The fourth-order valence-corrected chi connectivity index (χ4v) is 3.68. The average molecular weight is 417 g/mol. The van der Waals surface area contributed by atoms with Crippen LogP contribution < -0.4 is 0 Å². The van der Waals surface area contributed by atoms with Crippen LogP contribution in [0.25, 0.3) is 0 Å². The van der Waals surface area contributed by atoms with Gasteiger partial charge in [0.2, 0.25) is 0 Å². The first-order chi connectivity index (χ1) is 14.4. The molecule has 6 heteroatoms. The fourth-order valence-electron chi connectivity index (χ4n) is 3.68. The van der Waals surface area contributed by atoms with E-state index in [0.717, 1.165) is 25.9 Å². The topological polar surface area (TPSA) is 77.7 Å². The van der Waals surface area contributed by atoms with Crippen LogP contribution in [0.3, 0.4) is 0 Å². The van der Waals surface area contributed by atoms with Gasteiger partial charge in [0.1, 0.15) is 25.4 Å². The maximum absolute atomic E-state index is 12.0. The molecule has 0 aromatic carbocycles. The largest absolute Gasteiger partial charge is 0.462 e. The molecule has 0 N–H and O–H groups in total. The van der Waals surface area contributed by atoms with E-state index in [-0.39, 0.29) is 29.6 Å². The minimum atomic E-state index is -0.337. The molecule has 2 aliphatic heterocycles. The van der Waals surface area contributed by atoms with Gasteiger partial charge in [-0.25, -0.2) is 4.79 Å². The molecule has 0 aromatic heterocycles. The molecule has 5 rings (SSSR count). The number of esters is 2. The van der Waals surface area contributed by atoms with Crippen LogP contribution in [0, 0.1) is 17.3 Å². The molecule has 5 unspecified atom stereocenters. The van der Waals surface area contributed by atoms with E-state index in [9.17, 15) is 9.59 Å². The van der Waals surface area contributed by atoms with Crippen LogP contribution in [-0.4, -0.2) is 50.6 Å². The van der Waals surface area contributed by atoms with Crippen molar-refractivity contribution in [2.24, 2.45) is 17.3 Å². The van der Waals surface area contributed by atoms with Gasteiger partial charge in [0.25, 0.3) is 0 Å². The van der Waals surface area contributed by atoms with Crippen molar-refractivity contribution in [2.45, 2.75) is 45.3 Å². The third kappa shape index (κ3) is 6.67. The van der Waals surface area contributed by atoms with Gasteiger partial charge in [0.15, 0.2) is 0 Å². The summed E-state index contributed by atoms with van der Waals surface area (Å²) < 4.78 is 19.9. The van der Waals surface area contributed by atoms with Gasteiger partial charge in [0, 0.05) is 5.57 Å². The third-order valence-electron chi connectivity index (χ3n) is 5.75. The monoisotopic (exact) mass is 416 g/mol. The molecule has 6 nitrogen and oxygen atoms in total. The van der Waals surface area contributed by atoms with E-state index in [1.54, 1.807) is 6.92 Å². The molecule has 0 aromatic rings. The van der Waals surface area contributed by atoms with E-state index >= 15 is 0 Å². The van der Waals surface area contributed by atoms with Gasteiger partial charge in [-0.15, -0.1) is 0 Å². The summed E-state index contributed by atoms with van der Waals surface area (Å²) in [5.41, 5.74) is 0.162. The second-order valence-electron chi connectivity index (χ2n) is 8.59. The summed E-state index contributed by atoms with van der Waals surface area (Å²) in [5, 5.41) is 0. The summed E-state index contributed by atoms with van der Waals surface area (Å²) in [7, 11) is 0. The van der Waals surface area contributed by atoms with E-state index in [0.29, 0.717) is 37.2 Å². The number of allylic oxidation sites excluding steroid dienone is 6. The zero-order valence-electron chi connectivity index (χ0n) is 17.9. The van der Waals surface area contributed by atoms with E-state index in [1.807, 2.05) is 6.92 Å². The number of ether oxygens (including phenoxy) is 4. The molecule has 2 heterocycles. The first kappa shape index (κ1) is 22.5. The SMILES string of the molecule is C1=CCC=C1.C=C(C)C(=O)OCC1CO1.CC1(C(=O)OCC2CO2)CC2C=CC1C2. The molecule has 0 radical (unpaired) electrons. The van der Waals surface area contributed by atoms with Gasteiger partial charge in [-0.05, 0) is 44.9 Å². The summed E-state index contributed by atoms with van der Waals surface area (Å²) >= 11 is 0. The van der Waals surface area contributed by atoms with Gasteiger partial charge in [0.05, 0.1) is 18.6 Å². The molecular weight excluding hydrogens is 384 g/mol. The predicted octanol–water partition coefficient (Wildman–Crippen LogP) is 3.54. The number of epoxide rings is 2. The van der Waals surface area contributed by atoms with Crippen molar-refractivity contribution in [3.8, 4) is 0 Å². The van der Waals surface area contributed by atoms with Crippen molar-refractivity contribution in [1.29, 1.82) is 0 Å². The Bertz CT molecular complexity index is 718. The Morgan fingerprint density at radius 2 is 1.67 bits per heavy atom. The normalized spacial score (nSPS) is 33.1. The summed E-state index contributed by atoms with van der Waals surface area (Å²) in [5.74, 6) is 0.630. The molecule has 0 spiro atoms. The lowest BCUT2D eigenvalue weighted by molar-refractivity contribution is -0.157. The second-order valence-corrected chi connectivity index (χ2v) is 8.59. The molecule has 2 saturated heterocycles. The van der Waals surface area contributed by atoms with Crippen molar-refractivity contribution >= 4 is 11.9 Å². The number of rotatable bonds is 6. The van der Waals surface area contributed by atoms with Gasteiger partial charge in [-0.1, -0.05) is 43.0 Å².